The normalized spacial score (nSPS) is 11.1. The first-order chi connectivity index (χ1) is 8.63. The van der Waals surface area contributed by atoms with E-state index in [1.54, 1.807) is 13.2 Å². The van der Waals surface area contributed by atoms with E-state index in [-0.39, 0.29) is 0 Å². The molecule has 18 heavy (non-hydrogen) atoms. The molecule has 0 saturated carbocycles. The largest absolute Gasteiger partial charge is 0.496 e. The standard InChI is InChI=1S/C15H20ClNO/c1-4-8-15(11-17,9-5-2)13-10-12(16)6-7-14(13)18-3/h6-7,10H,4-5,8-9H2,1-3H3. The quantitative estimate of drug-likeness (QED) is 0.746. The van der Waals surface area contributed by atoms with Gasteiger partial charge in [0.05, 0.1) is 18.6 Å². The van der Waals surface area contributed by atoms with Crippen LogP contribution in [-0.2, 0) is 5.41 Å². The number of rotatable bonds is 6. The second-order valence-corrected chi connectivity index (χ2v) is 4.97. The Morgan fingerprint density at radius 3 is 2.33 bits per heavy atom. The van der Waals surface area contributed by atoms with E-state index in [1.807, 2.05) is 12.1 Å². The van der Waals surface area contributed by atoms with E-state index < -0.39 is 5.41 Å². The summed E-state index contributed by atoms with van der Waals surface area (Å²) in [7, 11) is 1.63. The molecule has 0 bridgehead atoms. The van der Waals surface area contributed by atoms with Crippen molar-refractivity contribution in [2.75, 3.05) is 7.11 Å². The van der Waals surface area contributed by atoms with Crippen LogP contribution in [0.25, 0.3) is 0 Å². The molecule has 0 aliphatic heterocycles. The van der Waals surface area contributed by atoms with Crippen molar-refractivity contribution in [3.63, 3.8) is 0 Å². The predicted octanol–water partition coefficient (Wildman–Crippen LogP) is 4.71. The zero-order valence-corrected chi connectivity index (χ0v) is 12.0. The highest BCUT2D eigenvalue weighted by Crippen LogP contribution is 2.40. The smallest absolute Gasteiger partial charge is 0.123 e. The van der Waals surface area contributed by atoms with Gasteiger partial charge in [0.1, 0.15) is 5.75 Å². The topological polar surface area (TPSA) is 33.0 Å². The van der Waals surface area contributed by atoms with Gasteiger partial charge in [0.15, 0.2) is 0 Å². The minimum Gasteiger partial charge on any atom is -0.496 e. The van der Waals surface area contributed by atoms with Crippen LogP contribution in [0.3, 0.4) is 0 Å². The molecule has 2 nitrogen and oxygen atoms in total. The first-order valence-corrected chi connectivity index (χ1v) is 6.76. The number of methoxy groups -OCH3 is 1. The molecule has 0 aliphatic carbocycles. The van der Waals surface area contributed by atoms with Gasteiger partial charge in [-0.2, -0.15) is 5.26 Å². The van der Waals surface area contributed by atoms with Gasteiger partial charge in [0.25, 0.3) is 0 Å². The molecule has 0 heterocycles. The third kappa shape index (κ3) is 2.97. The Bertz CT molecular complexity index is 431. The summed E-state index contributed by atoms with van der Waals surface area (Å²) in [6.45, 7) is 4.19. The molecular formula is C15H20ClNO. The number of nitrogens with zero attached hydrogens (tertiary/aromatic N) is 1. The maximum atomic E-state index is 9.65. The predicted molar refractivity (Wildman–Crippen MR) is 75.1 cm³/mol. The van der Waals surface area contributed by atoms with Gasteiger partial charge in [-0.1, -0.05) is 38.3 Å². The second-order valence-electron chi connectivity index (χ2n) is 4.54. The third-order valence-corrected chi connectivity index (χ3v) is 3.48. The second kappa shape index (κ2) is 6.66. The van der Waals surface area contributed by atoms with E-state index in [0.29, 0.717) is 5.02 Å². The summed E-state index contributed by atoms with van der Waals surface area (Å²) in [6, 6.07) is 8.00. The van der Waals surface area contributed by atoms with Crippen molar-refractivity contribution in [1.82, 2.24) is 0 Å². The highest BCUT2D eigenvalue weighted by Gasteiger charge is 2.33. The fraction of sp³-hybridized carbons (Fsp3) is 0.533. The molecule has 0 spiro atoms. The van der Waals surface area contributed by atoms with Gasteiger partial charge in [0, 0.05) is 10.6 Å². The van der Waals surface area contributed by atoms with Crippen LogP contribution in [0.1, 0.15) is 45.1 Å². The number of ether oxygens (including phenoxy) is 1. The molecule has 0 fully saturated rings. The minimum atomic E-state index is -0.486. The lowest BCUT2D eigenvalue weighted by Crippen LogP contribution is -2.24. The van der Waals surface area contributed by atoms with Crippen molar-refractivity contribution in [3.8, 4) is 11.8 Å². The Kier molecular flexibility index (Phi) is 5.50. The summed E-state index contributed by atoms with van der Waals surface area (Å²) in [5.41, 5.74) is 0.434. The molecule has 0 amide bonds. The molecule has 0 saturated heterocycles. The van der Waals surface area contributed by atoms with Crippen LogP contribution in [0.15, 0.2) is 18.2 Å². The van der Waals surface area contributed by atoms with Crippen LogP contribution < -0.4 is 4.74 Å². The molecule has 98 valence electrons. The van der Waals surface area contributed by atoms with Crippen molar-refractivity contribution in [1.29, 1.82) is 5.26 Å². The average molecular weight is 266 g/mol. The molecule has 1 aromatic rings. The van der Waals surface area contributed by atoms with Crippen molar-refractivity contribution >= 4 is 11.6 Å². The van der Waals surface area contributed by atoms with E-state index >= 15 is 0 Å². The molecule has 0 atom stereocenters. The highest BCUT2D eigenvalue weighted by molar-refractivity contribution is 6.30. The summed E-state index contributed by atoms with van der Waals surface area (Å²) in [5.74, 6) is 0.753. The van der Waals surface area contributed by atoms with Crippen LogP contribution in [-0.4, -0.2) is 7.11 Å². The Morgan fingerprint density at radius 2 is 1.89 bits per heavy atom. The summed E-state index contributed by atoms with van der Waals surface area (Å²) in [5, 5.41) is 10.3. The molecule has 0 unspecified atom stereocenters. The lowest BCUT2D eigenvalue weighted by Gasteiger charge is -2.28. The van der Waals surface area contributed by atoms with Gasteiger partial charge >= 0.3 is 0 Å². The van der Waals surface area contributed by atoms with Gasteiger partial charge in [-0.15, -0.1) is 0 Å². The maximum absolute atomic E-state index is 9.65. The number of hydrogen-bond acceptors (Lipinski definition) is 2. The molecule has 3 heteroatoms. The zero-order valence-electron chi connectivity index (χ0n) is 11.3. The molecule has 0 aromatic heterocycles. The molecule has 0 radical (unpaired) electrons. The molecule has 1 aromatic carbocycles. The minimum absolute atomic E-state index is 0.486. The fourth-order valence-electron chi connectivity index (χ4n) is 2.47. The van der Waals surface area contributed by atoms with Gasteiger partial charge in [-0.05, 0) is 31.0 Å². The van der Waals surface area contributed by atoms with Gasteiger partial charge in [-0.25, -0.2) is 0 Å². The van der Waals surface area contributed by atoms with Gasteiger partial charge in [-0.3, -0.25) is 0 Å². The van der Waals surface area contributed by atoms with E-state index in [4.69, 9.17) is 16.3 Å². The monoisotopic (exact) mass is 265 g/mol. The molecule has 0 N–H and O–H groups in total. The van der Waals surface area contributed by atoms with Crippen LogP contribution in [0.2, 0.25) is 5.02 Å². The first kappa shape index (κ1) is 14.9. The zero-order chi connectivity index (χ0) is 13.6. The van der Waals surface area contributed by atoms with Crippen LogP contribution in [0.4, 0.5) is 0 Å². The number of hydrogen-bond donors (Lipinski definition) is 0. The van der Waals surface area contributed by atoms with Gasteiger partial charge < -0.3 is 4.74 Å². The third-order valence-electron chi connectivity index (χ3n) is 3.24. The molecular weight excluding hydrogens is 246 g/mol. The van der Waals surface area contributed by atoms with Crippen LogP contribution >= 0.6 is 11.6 Å². The van der Waals surface area contributed by atoms with E-state index in [1.165, 1.54) is 0 Å². The van der Waals surface area contributed by atoms with Crippen LogP contribution in [0, 0.1) is 11.3 Å². The summed E-state index contributed by atoms with van der Waals surface area (Å²) in [4.78, 5) is 0. The number of halogens is 1. The number of benzene rings is 1. The average Bonchev–Trinajstić information content (AvgIpc) is 2.38. The Morgan fingerprint density at radius 1 is 1.28 bits per heavy atom. The first-order valence-electron chi connectivity index (χ1n) is 6.38. The Hall–Kier alpha value is -1.20. The molecule has 0 aliphatic rings. The Balaban J connectivity index is 3.36. The Labute approximate surface area is 115 Å². The number of nitriles is 1. The lowest BCUT2D eigenvalue weighted by atomic mass is 9.74. The fourth-order valence-corrected chi connectivity index (χ4v) is 2.65. The SMILES string of the molecule is CCCC(C#N)(CCC)c1cc(Cl)ccc1OC. The van der Waals surface area contributed by atoms with Crippen molar-refractivity contribution in [2.45, 2.75) is 44.9 Å². The van der Waals surface area contributed by atoms with E-state index in [0.717, 1.165) is 37.0 Å². The van der Waals surface area contributed by atoms with Crippen molar-refractivity contribution in [2.24, 2.45) is 0 Å². The summed E-state index contributed by atoms with van der Waals surface area (Å²) in [6.07, 6.45) is 3.58. The summed E-state index contributed by atoms with van der Waals surface area (Å²) >= 11 is 6.07. The van der Waals surface area contributed by atoms with Crippen LogP contribution in [0.5, 0.6) is 5.75 Å². The maximum Gasteiger partial charge on any atom is 0.123 e. The highest BCUT2D eigenvalue weighted by atomic mass is 35.5. The summed E-state index contributed by atoms with van der Waals surface area (Å²) < 4.78 is 5.39. The van der Waals surface area contributed by atoms with E-state index in [9.17, 15) is 5.26 Å². The van der Waals surface area contributed by atoms with Crippen molar-refractivity contribution in [3.05, 3.63) is 28.8 Å². The lowest BCUT2D eigenvalue weighted by molar-refractivity contribution is 0.381. The van der Waals surface area contributed by atoms with Gasteiger partial charge in [0.2, 0.25) is 0 Å². The van der Waals surface area contributed by atoms with E-state index in [2.05, 4.69) is 19.9 Å². The van der Waals surface area contributed by atoms with Crippen molar-refractivity contribution < 1.29 is 4.74 Å². The molecule has 1 rings (SSSR count).